The van der Waals surface area contributed by atoms with Gasteiger partial charge in [-0.2, -0.15) is 0 Å². The molecule has 2 aromatic rings. The standard InChI is InChI=1S/C16H20ClN3O.C5H10/c1-12(13-5-7-14(17)8-6-13)16(21)19-9-3-2-4-15-10-18-11-20-15;1-5-3-2-4-5/h5-8,10-12H,2-4,9H2,1H3,(H,18,20)(H,19,21);5H,2-4H2,1H3. The Morgan fingerprint density at radius 3 is 2.54 bits per heavy atom. The minimum absolute atomic E-state index is 0.0545. The molecule has 0 radical (unpaired) electrons. The predicted molar refractivity (Wildman–Crippen MR) is 107 cm³/mol. The molecule has 4 nitrogen and oxygen atoms in total. The molecule has 0 aliphatic heterocycles. The molecule has 142 valence electrons. The fraction of sp³-hybridized carbons (Fsp3) is 0.524. The molecular weight excluding hydrogens is 346 g/mol. The first kappa shape index (κ1) is 20.5. The molecule has 26 heavy (non-hydrogen) atoms. The van der Waals surface area contributed by atoms with Crippen molar-refractivity contribution in [2.45, 2.75) is 58.3 Å². The number of hydrogen-bond donors (Lipinski definition) is 2. The van der Waals surface area contributed by atoms with Crippen LogP contribution >= 0.6 is 11.6 Å². The van der Waals surface area contributed by atoms with E-state index in [0.717, 1.165) is 36.4 Å². The number of rotatable bonds is 7. The Hall–Kier alpha value is -1.81. The molecule has 5 heteroatoms. The molecule has 1 amide bonds. The zero-order chi connectivity index (χ0) is 18.8. The summed E-state index contributed by atoms with van der Waals surface area (Å²) in [5.41, 5.74) is 2.12. The van der Waals surface area contributed by atoms with Crippen molar-refractivity contribution in [2.75, 3.05) is 6.54 Å². The molecule has 1 atom stereocenters. The van der Waals surface area contributed by atoms with Crippen molar-refractivity contribution in [1.82, 2.24) is 15.3 Å². The SMILES string of the molecule is CC(C(=O)NCCCCc1cnc[nH]1)c1ccc(Cl)cc1.CC1CCC1. The minimum Gasteiger partial charge on any atom is -0.356 e. The van der Waals surface area contributed by atoms with Crippen molar-refractivity contribution >= 4 is 17.5 Å². The summed E-state index contributed by atoms with van der Waals surface area (Å²) >= 11 is 5.85. The van der Waals surface area contributed by atoms with E-state index in [1.807, 2.05) is 37.4 Å². The van der Waals surface area contributed by atoms with Gasteiger partial charge in [-0.25, -0.2) is 4.98 Å². The minimum atomic E-state index is -0.158. The van der Waals surface area contributed by atoms with Crippen LogP contribution < -0.4 is 5.32 Å². The second-order valence-electron chi connectivity index (χ2n) is 7.13. The third-order valence-corrected chi connectivity index (χ3v) is 5.14. The number of amides is 1. The van der Waals surface area contributed by atoms with Crippen molar-refractivity contribution in [2.24, 2.45) is 5.92 Å². The number of carbonyl (C=O) groups excluding carboxylic acids is 1. The average molecular weight is 376 g/mol. The van der Waals surface area contributed by atoms with Gasteiger partial charge in [0.2, 0.25) is 5.91 Å². The monoisotopic (exact) mass is 375 g/mol. The molecule has 0 saturated heterocycles. The Labute approximate surface area is 161 Å². The summed E-state index contributed by atoms with van der Waals surface area (Å²) < 4.78 is 0. The van der Waals surface area contributed by atoms with Crippen molar-refractivity contribution in [3.8, 4) is 0 Å². The smallest absolute Gasteiger partial charge is 0.227 e. The van der Waals surface area contributed by atoms with E-state index >= 15 is 0 Å². The van der Waals surface area contributed by atoms with Crippen LogP contribution in [0, 0.1) is 5.92 Å². The van der Waals surface area contributed by atoms with Crippen molar-refractivity contribution in [3.63, 3.8) is 0 Å². The van der Waals surface area contributed by atoms with Crippen LogP contribution in [0.1, 0.15) is 63.1 Å². The van der Waals surface area contributed by atoms with Crippen LogP contribution in [0.5, 0.6) is 0 Å². The van der Waals surface area contributed by atoms with E-state index in [1.54, 1.807) is 6.33 Å². The molecule has 1 fully saturated rings. The lowest BCUT2D eigenvalue weighted by molar-refractivity contribution is -0.122. The van der Waals surface area contributed by atoms with Gasteiger partial charge in [0.15, 0.2) is 0 Å². The highest BCUT2D eigenvalue weighted by atomic mass is 35.5. The van der Waals surface area contributed by atoms with E-state index in [-0.39, 0.29) is 11.8 Å². The predicted octanol–water partition coefficient (Wildman–Crippen LogP) is 5.11. The number of nitrogens with one attached hydrogen (secondary N) is 2. The molecule has 3 rings (SSSR count). The lowest BCUT2D eigenvalue weighted by Crippen LogP contribution is -2.28. The zero-order valence-corrected chi connectivity index (χ0v) is 16.6. The van der Waals surface area contributed by atoms with Crippen LogP contribution in [0.15, 0.2) is 36.8 Å². The molecule has 2 N–H and O–H groups in total. The van der Waals surface area contributed by atoms with Gasteiger partial charge in [-0.05, 0) is 49.8 Å². The Balaban J connectivity index is 0.000000417. The summed E-state index contributed by atoms with van der Waals surface area (Å²) in [6.45, 7) is 4.91. The number of nitrogens with zero attached hydrogens (tertiary/aromatic N) is 1. The summed E-state index contributed by atoms with van der Waals surface area (Å²) in [6.07, 6.45) is 10.9. The van der Waals surface area contributed by atoms with Gasteiger partial charge in [0.05, 0.1) is 12.2 Å². The number of hydrogen-bond acceptors (Lipinski definition) is 2. The van der Waals surface area contributed by atoms with E-state index in [2.05, 4.69) is 22.2 Å². The van der Waals surface area contributed by atoms with Crippen LogP contribution in [-0.2, 0) is 11.2 Å². The van der Waals surface area contributed by atoms with Crippen LogP contribution in [0.25, 0.3) is 0 Å². The van der Waals surface area contributed by atoms with E-state index in [4.69, 9.17) is 11.6 Å². The van der Waals surface area contributed by atoms with Gasteiger partial charge in [-0.3, -0.25) is 4.79 Å². The molecule has 1 unspecified atom stereocenters. The summed E-state index contributed by atoms with van der Waals surface area (Å²) in [6, 6.07) is 7.41. The molecule has 1 aromatic carbocycles. The maximum absolute atomic E-state index is 12.1. The Bertz CT molecular complexity index is 636. The molecule has 1 aliphatic rings. The summed E-state index contributed by atoms with van der Waals surface area (Å²) in [5.74, 6) is 0.962. The second kappa shape index (κ2) is 11.0. The normalized spacial score (nSPS) is 14.7. The zero-order valence-electron chi connectivity index (χ0n) is 15.8. The third kappa shape index (κ3) is 7.20. The third-order valence-electron chi connectivity index (χ3n) is 4.88. The van der Waals surface area contributed by atoms with Crippen molar-refractivity contribution < 1.29 is 4.79 Å². The van der Waals surface area contributed by atoms with E-state index in [0.29, 0.717) is 11.6 Å². The van der Waals surface area contributed by atoms with Gasteiger partial charge < -0.3 is 10.3 Å². The van der Waals surface area contributed by atoms with E-state index in [1.165, 1.54) is 19.3 Å². The van der Waals surface area contributed by atoms with E-state index < -0.39 is 0 Å². The number of aryl methyl sites for hydroxylation is 1. The lowest BCUT2D eigenvalue weighted by Gasteiger charge is -2.18. The van der Waals surface area contributed by atoms with Crippen molar-refractivity contribution in [1.29, 1.82) is 0 Å². The first-order chi connectivity index (χ1) is 12.6. The van der Waals surface area contributed by atoms with Crippen LogP contribution in [0.3, 0.4) is 0 Å². The second-order valence-corrected chi connectivity index (χ2v) is 7.57. The molecule has 1 aromatic heterocycles. The number of benzene rings is 1. The largest absolute Gasteiger partial charge is 0.356 e. The highest BCUT2D eigenvalue weighted by molar-refractivity contribution is 6.30. The molecular formula is C21H30ClN3O. The Kier molecular flexibility index (Phi) is 8.69. The maximum Gasteiger partial charge on any atom is 0.227 e. The molecule has 0 bridgehead atoms. The summed E-state index contributed by atoms with van der Waals surface area (Å²) in [4.78, 5) is 19.1. The summed E-state index contributed by atoms with van der Waals surface area (Å²) in [5, 5.41) is 3.66. The average Bonchev–Trinajstić information content (AvgIpc) is 3.13. The van der Waals surface area contributed by atoms with Gasteiger partial charge in [0.25, 0.3) is 0 Å². The first-order valence-electron chi connectivity index (χ1n) is 9.56. The van der Waals surface area contributed by atoms with Gasteiger partial charge in [-0.15, -0.1) is 0 Å². The molecule has 1 saturated carbocycles. The Morgan fingerprint density at radius 1 is 1.31 bits per heavy atom. The number of aromatic amines is 1. The number of H-pyrrole nitrogens is 1. The van der Waals surface area contributed by atoms with Gasteiger partial charge in [0.1, 0.15) is 0 Å². The topological polar surface area (TPSA) is 57.8 Å². The fourth-order valence-corrected chi connectivity index (χ4v) is 2.87. The molecule has 1 heterocycles. The molecule has 1 aliphatic carbocycles. The lowest BCUT2D eigenvalue weighted by atomic mass is 9.88. The summed E-state index contributed by atoms with van der Waals surface area (Å²) in [7, 11) is 0. The Morgan fingerprint density at radius 2 is 2.00 bits per heavy atom. The number of imidazole rings is 1. The van der Waals surface area contributed by atoms with Gasteiger partial charge >= 0.3 is 0 Å². The van der Waals surface area contributed by atoms with E-state index in [9.17, 15) is 4.79 Å². The quantitative estimate of drug-likeness (QED) is 0.660. The van der Waals surface area contributed by atoms with Gasteiger partial charge in [-0.1, -0.05) is 49.9 Å². The molecule has 0 spiro atoms. The van der Waals surface area contributed by atoms with Crippen LogP contribution in [0.4, 0.5) is 0 Å². The first-order valence-corrected chi connectivity index (χ1v) is 9.94. The highest BCUT2D eigenvalue weighted by Gasteiger charge is 2.14. The number of unbranched alkanes of at least 4 members (excludes halogenated alkanes) is 1. The fourth-order valence-electron chi connectivity index (χ4n) is 2.74. The van der Waals surface area contributed by atoms with Gasteiger partial charge in [0, 0.05) is 23.5 Å². The van der Waals surface area contributed by atoms with Crippen LogP contribution in [-0.4, -0.2) is 22.4 Å². The number of halogens is 1. The number of aromatic nitrogens is 2. The van der Waals surface area contributed by atoms with Crippen LogP contribution in [0.2, 0.25) is 5.02 Å². The number of carbonyl (C=O) groups is 1. The maximum atomic E-state index is 12.1. The van der Waals surface area contributed by atoms with Crippen molar-refractivity contribution in [3.05, 3.63) is 53.1 Å². The highest BCUT2D eigenvalue weighted by Crippen LogP contribution is 2.24.